The summed E-state index contributed by atoms with van der Waals surface area (Å²) in [6.45, 7) is 2.72. The Hall–Kier alpha value is -3.64. The van der Waals surface area contributed by atoms with Crippen molar-refractivity contribution in [3.05, 3.63) is 74.7 Å². The molecule has 2 aromatic carbocycles. The van der Waals surface area contributed by atoms with Gasteiger partial charge in [0.1, 0.15) is 6.61 Å². The van der Waals surface area contributed by atoms with Crippen molar-refractivity contribution < 1.29 is 31.2 Å². The first kappa shape index (κ1) is 24.0. The fourth-order valence-electron chi connectivity index (χ4n) is 2.95. The van der Waals surface area contributed by atoms with Gasteiger partial charge in [-0.25, -0.2) is 4.79 Å². The molecule has 0 unspecified atom stereocenters. The number of nitrogens with zero attached hydrogens (tertiary/aromatic N) is 5. The minimum absolute atomic E-state index is 0.0376. The number of rotatable bonds is 5. The van der Waals surface area contributed by atoms with Gasteiger partial charge in [-0.15, -0.1) is 0 Å². The van der Waals surface area contributed by atoms with Crippen molar-refractivity contribution >= 4 is 5.71 Å². The van der Waals surface area contributed by atoms with E-state index in [2.05, 4.69) is 15.6 Å². The highest BCUT2D eigenvalue weighted by atomic mass is 19.4. The van der Waals surface area contributed by atoms with E-state index in [1.807, 2.05) is 0 Å². The van der Waals surface area contributed by atoms with Crippen LogP contribution in [0.2, 0.25) is 0 Å². The predicted octanol–water partition coefficient (Wildman–Crippen LogP) is 4.25. The van der Waals surface area contributed by atoms with E-state index in [9.17, 15) is 31.1 Å². The normalized spacial score (nSPS) is 12.8. The number of oxime groups is 1. The largest absolute Gasteiger partial charge is 0.416 e. The van der Waals surface area contributed by atoms with Crippen LogP contribution in [0, 0.1) is 6.92 Å². The molecule has 0 N–H and O–H groups in total. The summed E-state index contributed by atoms with van der Waals surface area (Å²) in [6, 6.07) is 6.15. The molecule has 1 heterocycles. The van der Waals surface area contributed by atoms with Crippen LogP contribution >= 0.6 is 0 Å². The second kappa shape index (κ2) is 8.71. The molecule has 0 fully saturated rings. The molecule has 176 valence electrons. The Balaban J connectivity index is 1.92. The molecule has 0 amide bonds. The minimum atomic E-state index is -4.98. The molecule has 0 radical (unpaired) electrons. The number of hydrogen-bond donors (Lipinski definition) is 0. The number of halogens is 6. The van der Waals surface area contributed by atoms with Crippen LogP contribution in [-0.2, 0) is 30.8 Å². The van der Waals surface area contributed by atoms with Gasteiger partial charge in [0.2, 0.25) is 0 Å². The van der Waals surface area contributed by atoms with Gasteiger partial charge in [0.05, 0.1) is 22.5 Å². The first-order valence-corrected chi connectivity index (χ1v) is 9.33. The van der Waals surface area contributed by atoms with Crippen molar-refractivity contribution in [3.8, 4) is 5.69 Å². The summed E-state index contributed by atoms with van der Waals surface area (Å²) in [6.07, 6.45) is -9.95. The summed E-state index contributed by atoms with van der Waals surface area (Å²) in [4.78, 5) is 17.4. The fourth-order valence-corrected chi connectivity index (χ4v) is 2.95. The Morgan fingerprint density at radius 1 is 1.03 bits per heavy atom. The van der Waals surface area contributed by atoms with Gasteiger partial charge in [-0.2, -0.15) is 35.7 Å². The SMILES string of the molecule is CC(=NOCc1c(C)cccc1-n1nnn(C)c1=O)c1cc(C(F)(F)F)cc(C(F)(F)F)c1. The molecule has 0 aliphatic carbocycles. The van der Waals surface area contributed by atoms with Crippen LogP contribution in [0.1, 0.15) is 34.7 Å². The molecular weight excluding hydrogens is 456 g/mol. The Labute approximate surface area is 182 Å². The lowest BCUT2D eigenvalue weighted by Gasteiger charge is -2.14. The standard InChI is InChI=1S/C20H17F6N5O2/c1-11-5-4-6-17(31-18(32)30(3)28-29-31)16(11)10-33-27-12(2)13-7-14(19(21,22)23)9-15(8-13)20(24,25)26/h4-9H,10H2,1-3H3. The smallest absolute Gasteiger partial charge is 0.391 e. The molecule has 0 aliphatic rings. The zero-order chi connectivity index (χ0) is 24.6. The molecule has 1 aromatic heterocycles. The Morgan fingerprint density at radius 2 is 1.64 bits per heavy atom. The van der Waals surface area contributed by atoms with E-state index in [1.54, 1.807) is 25.1 Å². The highest BCUT2D eigenvalue weighted by molar-refractivity contribution is 5.98. The van der Waals surface area contributed by atoms with E-state index < -0.39 is 34.7 Å². The molecule has 0 spiro atoms. The Kier molecular flexibility index (Phi) is 6.34. The van der Waals surface area contributed by atoms with Crippen molar-refractivity contribution in [2.45, 2.75) is 32.8 Å². The first-order valence-electron chi connectivity index (χ1n) is 9.33. The van der Waals surface area contributed by atoms with E-state index >= 15 is 0 Å². The van der Waals surface area contributed by atoms with Crippen LogP contribution in [0.4, 0.5) is 26.3 Å². The number of aryl methyl sites for hydroxylation is 2. The predicted molar refractivity (Wildman–Crippen MR) is 105 cm³/mol. The molecular formula is C20H17F6N5O2. The minimum Gasteiger partial charge on any atom is -0.391 e. The average molecular weight is 473 g/mol. The fraction of sp³-hybridized carbons (Fsp3) is 0.300. The number of hydrogen-bond acceptors (Lipinski definition) is 5. The zero-order valence-corrected chi connectivity index (χ0v) is 17.5. The van der Waals surface area contributed by atoms with Crippen molar-refractivity contribution in [2.75, 3.05) is 0 Å². The maximum absolute atomic E-state index is 13.1. The van der Waals surface area contributed by atoms with Crippen LogP contribution in [0.5, 0.6) is 0 Å². The number of tetrazole rings is 1. The lowest BCUT2D eigenvalue weighted by molar-refractivity contribution is -0.143. The molecule has 3 aromatic rings. The van der Waals surface area contributed by atoms with Crippen LogP contribution < -0.4 is 5.69 Å². The summed E-state index contributed by atoms with van der Waals surface area (Å²) in [7, 11) is 1.41. The third-order valence-electron chi connectivity index (χ3n) is 4.75. The molecule has 33 heavy (non-hydrogen) atoms. The number of alkyl halides is 6. The second-order valence-electron chi connectivity index (χ2n) is 7.11. The quantitative estimate of drug-likeness (QED) is 0.316. The molecule has 0 bridgehead atoms. The van der Waals surface area contributed by atoms with Gasteiger partial charge in [0.15, 0.2) is 0 Å². The van der Waals surface area contributed by atoms with E-state index in [1.165, 1.54) is 14.0 Å². The average Bonchev–Trinajstić information content (AvgIpc) is 3.05. The van der Waals surface area contributed by atoms with E-state index in [-0.39, 0.29) is 18.4 Å². The molecule has 0 atom stereocenters. The van der Waals surface area contributed by atoms with Gasteiger partial charge < -0.3 is 4.84 Å². The maximum atomic E-state index is 13.1. The molecule has 7 nitrogen and oxygen atoms in total. The summed E-state index contributed by atoms with van der Waals surface area (Å²) >= 11 is 0. The molecule has 0 saturated heterocycles. The Morgan fingerprint density at radius 3 is 2.15 bits per heavy atom. The maximum Gasteiger partial charge on any atom is 0.416 e. The van der Waals surface area contributed by atoms with Crippen molar-refractivity contribution in [2.24, 2.45) is 12.2 Å². The summed E-state index contributed by atoms with van der Waals surface area (Å²) in [5.74, 6) is 0. The lowest BCUT2D eigenvalue weighted by atomic mass is 10.0. The van der Waals surface area contributed by atoms with Gasteiger partial charge in [-0.05, 0) is 54.1 Å². The van der Waals surface area contributed by atoms with E-state index in [0.717, 1.165) is 9.36 Å². The Bertz CT molecular complexity index is 1220. The highest BCUT2D eigenvalue weighted by Gasteiger charge is 2.37. The zero-order valence-electron chi connectivity index (χ0n) is 17.5. The molecule has 3 rings (SSSR count). The summed E-state index contributed by atoms with van der Waals surface area (Å²) in [5.41, 5.74) is -2.50. The lowest BCUT2D eigenvalue weighted by Crippen LogP contribution is -2.23. The van der Waals surface area contributed by atoms with Crippen LogP contribution in [0.25, 0.3) is 5.69 Å². The van der Waals surface area contributed by atoms with Crippen molar-refractivity contribution in [1.82, 2.24) is 19.8 Å². The second-order valence-corrected chi connectivity index (χ2v) is 7.11. The van der Waals surface area contributed by atoms with Crippen molar-refractivity contribution in [3.63, 3.8) is 0 Å². The van der Waals surface area contributed by atoms with Crippen LogP contribution in [0.15, 0.2) is 46.3 Å². The van der Waals surface area contributed by atoms with Gasteiger partial charge in [-0.3, -0.25) is 0 Å². The number of benzene rings is 2. The summed E-state index contributed by atoms with van der Waals surface area (Å²) < 4.78 is 80.5. The summed E-state index contributed by atoms with van der Waals surface area (Å²) in [5, 5.41) is 11.1. The van der Waals surface area contributed by atoms with E-state index in [0.29, 0.717) is 28.9 Å². The van der Waals surface area contributed by atoms with Gasteiger partial charge >= 0.3 is 18.0 Å². The topological polar surface area (TPSA) is 74.3 Å². The van der Waals surface area contributed by atoms with E-state index in [4.69, 9.17) is 4.84 Å². The number of aromatic nitrogens is 4. The first-order chi connectivity index (χ1) is 15.3. The van der Waals surface area contributed by atoms with Gasteiger partial charge in [0, 0.05) is 18.2 Å². The molecule has 0 aliphatic heterocycles. The highest BCUT2D eigenvalue weighted by Crippen LogP contribution is 2.36. The third-order valence-corrected chi connectivity index (χ3v) is 4.75. The molecule has 0 saturated carbocycles. The van der Waals surface area contributed by atoms with Crippen molar-refractivity contribution in [1.29, 1.82) is 0 Å². The third kappa shape index (κ3) is 5.23. The molecule has 13 heteroatoms. The van der Waals surface area contributed by atoms with Gasteiger partial charge in [0.25, 0.3) is 0 Å². The van der Waals surface area contributed by atoms with Crippen LogP contribution in [-0.4, -0.2) is 25.5 Å². The van der Waals surface area contributed by atoms with Crippen LogP contribution in [0.3, 0.4) is 0 Å². The monoisotopic (exact) mass is 473 g/mol. The van der Waals surface area contributed by atoms with Gasteiger partial charge in [-0.1, -0.05) is 17.3 Å².